The lowest BCUT2D eigenvalue weighted by Gasteiger charge is -2.31. The predicted octanol–water partition coefficient (Wildman–Crippen LogP) is 0.480. The van der Waals surface area contributed by atoms with Gasteiger partial charge in [-0.2, -0.15) is 0 Å². The number of Topliss-reactive ketones (excluding diaryl/α,β-unsaturated/α-hetero) is 1. The van der Waals surface area contributed by atoms with E-state index in [1.54, 1.807) is 4.90 Å². The standard InChI is InChI=1S/C13H23NO4/c1-10(16)7-11(8-12(17)9-15)14-6-4-2-3-5-13(14)18/h11-12,15,17H,2-9H2,1H3. The second kappa shape index (κ2) is 7.48. The van der Waals surface area contributed by atoms with E-state index in [0.29, 0.717) is 13.0 Å². The van der Waals surface area contributed by atoms with Crippen molar-refractivity contribution in [2.75, 3.05) is 13.2 Å². The molecule has 1 heterocycles. The third-order valence-corrected chi connectivity index (χ3v) is 3.33. The van der Waals surface area contributed by atoms with Gasteiger partial charge in [0.2, 0.25) is 5.91 Å². The van der Waals surface area contributed by atoms with Gasteiger partial charge in [-0.25, -0.2) is 0 Å². The Hall–Kier alpha value is -0.940. The molecule has 1 aliphatic rings. The largest absolute Gasteiger partial charge is 0.394 e. The van der Waals surface area contributed by atoms with E-state index in [1.165, 1.54) is 6.92 Å². The van der Waals surface area contributed by atoms with Crippen LogP contribution in [0.4, 0.5) is 0 Å². The van der Waals surface area contributed by atoms with Crippen molar-refractivity contribution >= 4 is 11.7 Å². The lowest BCUT2D eigenvalue weighted by Crippen LogP contribution is -2.43. The number of hydrogen-bond donors (Lipinski definition) is 2. The SMILES string of the molecule is CC(=O)CC(CC(O)CO)N1CCCCCC1=O. The van der Waals surface area contributed by atoms with Gasteiger partial charge in [0, 0.05) is 25.4 Å². The Morgan fingerprint density at radius 1 is 1.39 bits per heavy atom. The summed E-state index contributed by atoms with van der Waals surface area (Å²) >= 11 is 0. The normalized spacial score (nSPS) is 20.4. The second-order valence-corrected chi connectivity index (χ2v) is 5.03. The number of aliphatic hydroxyl groups is 2. The molecule has 0 aromatic heterocycles. The van der Waals surface area contributed by atoms with Crippen LogP contribution in [0.15, 0.2) is 0 Å². The summed E-state index contributed by atoms with van der Waals surface area (Å²) in [6.07, 6.45) is 3.02. The first-order valence-corrected chi connectivity index (χ1v) is 6.62. The van der Waals surface area contributed by atoms with Gasteiger partial charge >= 0.3 is 0 Å². The average Bonchev–Trinajstić information content (AvgIpc) is 2.52. The van der Waals surface area contributed by atoms with Crippen molar-refractivity contribution in [3.63, 3.8) is 0 Å². The fraction of sp³-hybridized carbons (Fsp3) is 0.846. The van der Waals surface area contributed by atoms with Crippen LogP contribution in [-0.2, 0) is 9.59 Å². The van der Waals surface area contributed by atoms with Gasteiger partial charge in [-0.15, -0.1) is 0 Å². The van der Waals surface area contributed by atoms with Crippen LogP contribution in [-0.4, -0.2) is 52.1 Å². The number of amides is 1. The Morgan fingerprint density at radius 3 is 2.72 bits per heavy atom. The van der Waals surface area contributed by atoms with Crippen molar-refractivity contribution in [1.29, 1.82) is 0 Å². The fourth-order valence-electron chi connectivity index (χ4n) is 2.43. The molecule has 2 atom stereocenters. The van der Waals surface area contributed by atoms with Gasteiger partial charge in [0.25, 0.3) is 0 Å². The highest BCUT2D eigenvalue weighted by Crippen LogP contribution is 2.19. The molecule has 104 valence electrons. The van der Waals surface area contributed by atoms with E-state index in [0.717, 1.165) is 19.3 Å². The maximum Gasteiger partial charge on any atom is 0.222 e. The van der Waals surface area contributed by atoms with Gasteiger partial charge in [-0.1, -0.05) is 6.42 Å². The molecule has 1 rings (SSSR count). The summed E-state index contributed by atoms with van der Waals surface area (Å²) in [5, 5.41) is 18.4. The van der Waals surface area contributed by atoms with Gasteiger partial charge in [0.1, 0.15) is 5.78 Å². The number of aliphatic hydroxyl groups excluding tert-OH is 2. The Kier molecular flexibility index (Phi) is 6.29. The van der Waals surface area contributed by atoms with Crippen LogP contribution in [0.3, 0.4) is 0 Å². The molecule has 0 radical (unpaired) electrons. The maximum atomic E-state index is 12.0. The van der Waals surface area contributed by atoms with Crippen molar-refractivity contribution in [3.8, 4) is 0 Å². The van der Waals surface area contributed by atoms with Crippen LogP contribution in [0.2, 0.25) is 0 Å². The number of rotatable bonds is 6. The van der Waals surface area contributed by atoms with Crippen LogP contribution in [0, 0.1) is 0 Å². The summed E-state index contributed by atoms with van der Waals surface area (Å²) in [6.45, 7) is 1.80. The minimum atomic E-state index is -0.870. The predicted molar refractivity (Wildman–Crippen MR) is 67.0 cm³/mol. The quantitative estimate of drug-likeness (QED) is 0.725. The van der Waals surface area contributed by atoms with E-state index in [4.69, 9.17) is 5.11 Å². The zero-order valence-corrected chi connectivity index (χ0v) is 11.0. The van der Waals surface area contributed by atoms with Crippen molar-refractivity contribution < 1.29 is 19.8 Å². The molecule has 0 saturated carbocycles. The molecule has 1 fully saturated rings. The smallest absolute Gasteiger partial charge is 0.222 e. The molecule has 0 aliphatic carbocycles. The molecule has 1 amide bonds. The Morgan fingerprint density at radius 2 is 2.11 bits per heavy atom. The fourth-order valence-corrected chi connectivity index (χ4v) is 2.43. The van der Waals surface area contributed by atoms with E-state index in [2.05, 4.69) is 0 Å². The first kappa shape index (κ1) is 15.1. The van der Waals surface area contributed by atoms with E-state index in [1.807, 2.05) is 0 Å². The highest BCUT2D eigenvalue weighted by Gasteiger charge is 2.27. The molecular formula is C13H23NO4. The van der Waals surface area contributed by atoms with Crippen LogP contribution in [0.5, 0.6) is 0 Å². The Bertz CT molecular complexity index is 293. The van der Waals surface area contributed by atoms with Crippen molar-refractivity contribution in [2.45, 2.75) is 57.6 Å². The molecule has 2 N–H and O–H groups in total. The minimum absolute atomic E-state index is 0.00202. The first-order chi connectivity index (χ1) is 8.54. The van der Waals surface area contributed by atoms with Crippen LogP contribution in [0.25, 0.3) is 0 Å². The number of nitrogens with zero attached hydrogens (tertiary/aromatic N) is 1. The summed E-state index contributed by atoms with van der Waals surface area (Å²) in [6, 6.07) is -0.282. The topological polar surface area (TPSA) is 77.8 Å². The van der Waals surface area contributed by atoms with E-state index in [-0.39, 0.29) is 37.2 Å². The summed E-state index contributed by atoms with van der Waals surface area (Å²) in [7, 11) is 0. The van der Waals surface area contributed by atoms with Crippen LogP contribution < -0.4 is 0 Å². The zero-order valence-electron chi connectivity index (χ0n) is 11.0. The molecule has 5 nitrogen and oxygen atoms in total. The number of ketones is 1. The minimum Gasteiger partial charge on any atom is -0.394 e. The van der Waals surface area contributed by atoms with Gasteiger partial charge in [0.15, 0.2) is 0 Å². The summed E-state index contributed by atoms with van der Waals surface area (Å²) in [4.78, 5) is 25.0. The summed E-state index contributed by atoms with van der Waals surface area (Å²) in [5.41, 5.74) is 0. The third-order valence-electron chi connectivity index (χ3n) is 3.33. The number of carbonyl (C=O) groups is 2. The van der Waals surface area contributed by atoms with Gasteiger partial charge < -0.3 is 15.1 Å². The molecule has 0 aromatic carbocycles. The molecule has 1 saturated heterocycles. The maximum absolute atomic E-state index is 12.0. The molecule has 0 spiro atoms. The zero-order chi connectivity index (χ0) is 13.5. The van der Waals surface area contributed by atoms with Crippen LogP contribution in [0.1, 0.15) is 45.4 Å². The van der Waals surface area contributed by atoms with Gasteiger partial charge in [-0.3, -0.25) is 9.59 Å². The second-order valence-electron chi connectivity index (χ2n) is 5.03. The molecule has 18 heavy (non-hydrogen) atoms. The van der Waals surface area contributed by atoms with E-state index < -0.39 is 6.10 Å². The monoisotopic (exact) mass is 257 g/mol. The van der Waals surface area contributed by atoms with E-state index >= 15 is 0 Å². The molecule has 0 bridgehead atoms. The molecule has 5 heteroatoms. The van der Waals surface area contributed by atoms with Crippen molar-refractivity contribution in [1.82, 2.24) is 4.90 Å². The lowest BCUT2D eigenvalue weighted by atomic mass is 10.0. The number of likely N-dealkylation sites (tertiary alicyclic amines) is 1. The lowest BCUT2D eigenvalue weighted by molar-refractivity contribution is -0.134. The molecular weight excluding hydrogens is 234 g/mol. The third kappa shape index (κ3) is 4.74. The van der Waals surface area contributed by atoms with Gasteiger partial charge in [-0.05, 0) is 26.2 Å². The highest BCUT2D eigenvalue weighted by molar-refractivity contribution is 5.79. The molecule has 0 aromatic rings. The number of hydrogen-bond acceptors (Lipinski definition) is 4. The van der Waals surface area contributed by atoms with Crippen LogP contribution >= 0.6 is 0 Å². The first-order valence-electron chi connectivity index (χ1n) is 6.62. The van der Waals surface area contributed by atoms with Crippen molar-refractivity contribution in [3.05, 3.63) is 0 Å². The molecule has 2 unspecified atom stereocenters. The van der Waals surface area contributed by atoms with E-state index in [9.17, 15) is 14.7 Å². The highest BCUT2D eigenvalue weighted by atomic mass is 16.3. The van der Waals surface area contributed by atoms with Gasteiger partial charge in [0.05, 0.1) is 12.7 Å². The summed E-state index contributed by atoms with van der Waals surface area (Å²) in [5.74, 6) is 0.0612. The molecule has 1 aliphatic heterocycles. The number of carbonyl (C=O) groups excluding carboxylic acids is 2. The summed E-state index contributed by atoms with van der Waals surface area (Å²) < 4.78 is 0. The van der Waals surface area contributed by atoms with Crippen molar-refractivity contribution in [2.24, 2.45) is 0 Å². The Balaban J connectivity index is 2.72. The average molecular weight is 257 g/mol. The Labute approximate surface area is 108 Å².